The molecule has 2 nitrogen and oxygen atoms in total. The Balaban J connectivity index is 2.42. The highest BCUT2D eigenvalue weighted by atomic mass is 32.2. The Morgan fingerprint density at radius 3 is 2.71 bits per heavy atom. The Hall–Kier alpha value is -0.180. The van der Waals surface area contributed by atoms with Crippen molar-refractivity contribution >= 4 is 18.2 Å². The highest BCUT2D eigenvalue weighted by Gasteiger charge is 2.07. The van der Waals surface area contributed by atoms with Gasteiger partial charge in [-0.2, -0.15) is 5.10 Å². The first kappa shape index (κ1) is 4.97. The monoisotopic (exact) mass is 116 g/mol. The molecule has 0 saturated heterocycles. The number of rotatable bonds is 0. The first-order valence-electron chi connectivity index (χ1n) is 2.23. The fourth-order valence-corrected chi connectivity index (χ4v) is 1.18. The van der Waals surface area contributed by atoms with Gasteiger partial charge in [-0.05, 0) is 18.9 Å². The number of hydrogen-bond acceptors (Lipinski definition) is 3. The third-order valence-electron chi connectivity index (χ3n) is 0.758. The van der Waals surface area contributed by atoms with Crippen LogP contribution in [0.25, 0.3) is 0 Å². The molecule has 0 fully saturated rings. The lowest BCUT2D eigenvalue weighted by atomic mass is 10.5. The maximum atomic E-state index is 3.99. The first-order chi connectivity index (χ1) is 3.29. The lowest BCUT2D eigenvalue weighted by molar-refractivity contribution is 0.630. The largest absolute Gasteiger partial charge is 0.242 e. The summed E-state index contributed by atoms with van der Waals surface area (Å²) in [6.45, 7) is 2.12. The second kappa shape index (κ2) is 1.74. The second-order valence-corrected chi connectivity index (χ2v) is 3.02. The summed E-state index contributed by atoms with van der Waals surface area (Å²) in [5.41, 5.74) is 0. The summed E-state index contributed by atoms with van der Waals surface area (Å²) in [5.74, 6) is 0. The quantitative estimate of drug-likeness (QED) is 0.438. The van der Waals surface area contributed by atoms with E-state index < -0.39 is 0 Å². The summed E-state index contributed by atoms with van der Waals surface area (Å²) < 4.78 is 1.87. The van der Waals surface area contributed by atoms with E-state index in [9.17, 15) is 0 Å². The van der Waals surface area contributed by atoms with Crippen LogP contribution in [0.2, 0.25) is 0 Å². The van der Waals surface area contributed by atoms with Crippen molar-refractivity contribution in [2.24, 2.45) is 5.10 Å². The highest BCUT2D eigenvalue weighted by molar-refractivity contribution is 7.98. The molecule has 1 unspecified atom stereocenters. The predicted molar refractivity (Wildman–Crippen MR) is 33.3 cm³/mol. The van der Waals surface area contributed by atoms with E-state index in [1.165, 1.54) is 0 Å². The fourth-order valence-electron chi connectivity index (χ4n) is 0.483. The van der Waals surface area contributed by atoms with E-state index in [0.717, 1.165) is 0 Å². The minimum absolute atomic E-state index is 0.574. The normalized spacial score (nSPS) is 29.4. The van der Waals surface area contributed by atoms with Crippen molar-refractivity contribution in [2.45, 2.75) is 12.2 Å². The van der Waals surface area contributed by atoms with E-state index in [1.807, 2.05) is 17.7 Å². The molecule has 0 amide bonds. The van der Waals surface area contributed by atoms with Crippen LogP contribution in [0.1, 0.15) is 6.92 Å². The number of hydrogen-bond donors (Lipinski definition) is 0. The van der Waals surface area contributed by atoms with E-state index in [1.54, 1.807) is 11.9 Å². The molecule has 0 aromatic rings. The van der Waals surface area contributed by atoms with Gasteiger partial charge in [0.1, 0.15) is 0 Å². The Morgan fingerprint density at radius 2 is 2.57 bits per heavy atom. The van der Waals surface area contributed by atoms with Crippen molar-refractivity contribution in [3.8, 4) is 0 Å². The topological polar surface area (TPSA) is 15.6 Å². The molecule has 0 aromatic carbocycles. The van der Waals surface area contributed by atoms with Gasteiger partial charge in [-0.3, -0.25) is 0 Å². The van der Waals surface area contributed by atoms with Crippen LogP contribution in [0.4, 0.5) is 0 Å². The minimum atomic E-state index is 0.574. The van der Waals surface area contributed by atoms with E-state index >= 15 is 0 Å². The molecule has 0 aliphatic carbocycles. The summed E-state index contributed by atoms with van der Waals surface area (Å²) in [6.07, 6.45) is 1.94. The van der Waals surface area contributed by atoms with Crippen molar-refractivity contribution in [2.75, 3.05) is 7.05 Å². The van der Waals surface area contributed by atoms with Gasteiger partial charge >= 0.3 is 0 Å². The van der Waals surface area contributed by atoms with E-state index in [-0.39, 0.29) is 0 Å². The first-order valence-corrected chi connectivity index (χ1v) is 3.07. The maximum absolute atomic E-state index is 3.99. The van der Waals surface area contributed by atoms with Gasteiger partial charge in [-0.15, -0.1) is 0 Å². The van der Waals surface area contributed by atoms with Crippen molar-refractivity contribution < 1.29 is 0 Å². The van der Waals surface area contributed by atoms with Gasteiger partial charge in [0.15, 0.2) is 0 Å². The van der Waals surface area contributed by atoms with Gasteiger partial charge in [-0.1, -0.05) is 0 Å². The van der Waals surface area contributed by atoms with E-state index in [4.69, 9.17) is 0 Å². The zero-order valence-corrected chi connectivity index (χ0v) is 5.27. The van der Waals surface area contributed by atoms with Gasteiger partial charge in [-0.25, -0.2) is 4.41 Å². The SMILES string of the molecule is CC1C=NN(C)S1. The van der Waals surface area contributed by atoms with Gasteiger partial charge < -0.3 is 0 Å². The molecular weight excluding hydrogens is 108 g/mol. The van der Waals surface area contributed by atoms with Crippen molar-refractivity contribution in [3.05, 3.63) is 0 Å². The molecule has 0 aromatic heterocycles. The molecule has 7 heavy (non-hydrogen) atoms. The Bertz CT molecular complexity index is 81.7. The predicted octanol–water partition coefficient (Wildman–Crippen LogP) is 0.954. The smallest absolute Gasteiger partial charge is 0.0605 e. The van der Waals surface area contributed by atoms with Gasteiger partial charge in [0, 0.05) is 13.3 Å². The second-order valence-electron chi connectivity index (χ2n) is 1.54. The molecule has 40 valence electrons. The summed E-state index contributed by atoms with van der Waals surface area (Å²) in [4.78, 5) is 0. The van der Waals surface area contributed by atoms with Gasteiger partial charge in [0.05, 0.1) is 5.25 Å². The fraction of sp³-hybridized carbons (Fsp3) is 0.750. The molecule has 0 spiro atoms. The molecule has 1 rings (SSSR count). The molecule has 1 atom stereocenters. The van der Waals surface area contributed by atoms with Crippen molar-refractivity contribution in [3.63, 3.8) is 0 Å². The third kappa shape index (κ3) is 1.09. The number of nitrogens with zero attached hydrogens (tertiary/aromatic N) is 2. The van der Waals surface area contributed by atoms with E-state index in [0.29, 0.717) is 5.25 Å². The zero-order chi connectivity index (χ0) is 5.28. The Labute approximate surface area is 47.7 Å². The van der Waals surface area contributed by atoms with Crippen molar-refractivity contribution in [1.29, 1.82) is 0 Å². The third-order valence-corrected chi connectivity index (χ3v) is 1.61. The molecule has 1 heterocycles. The summed E-state index contributed by atoms with van der Waals surface area (Å²) in [5, 5.41) is 4.56. The highest BCUT2D eigenvalue weighted by Crippen LogP contribution is 2.18. The maximum Gasteiger partial charge on any atom is 0.0605 e. The zero-order valence-electron chi connectivity index (χ0n) is 4.46. The average Bonchev–Trinajstić information content (AvgIpc) is 1.87. The van der Waals surface area contributed by atoms with Crippen LogP contribution in [0, 0.1) is 0 Å². The molecule has 0 bridgehead atoms. The minimum Gasteiger partial charge on any atom is -0.242 e. The standard InChI is InChI=1S/C4H8N2S/c1-4-3-5-6(2)7-4/h3-4H,1-2H3. The van der Waals surface area contributed by atoms with Crippen LogP contribution in [-0.2, 0) is 0 Å². The molecule has 1 aliphatic rings. The summed E-state index contributed by atoms with van der Waals surface area (Å²) in [6, 6.07) is 0. The Morgan fingerprint density at radius 1 is 1.86 bits per heavy atom. The van der Waals surface area contributed by atoms with E-state index in [2.05, 4.69) is 12.0 Å². The van der Waals surface area contributed by atoms with Crippen molar-refractivity contribution in [1.82, 2.24) is 4.41 Å². The van der Waals surface area contributed by atoms with Crippen LogP contribution in [-0.4, -0.2) is 22.9 Å². The molecular formula is C4H8N2S. The van der Waals surface area contributed by atoms with Crippen LogP contribution < -0.4 is 0 Å². The molecule has 1 aliphatic heterocycles. The lowest BCUT2D eigenvalue weighted by Gasteiger charge is -2.02. The molecule has 0 N–H and O–H groups in total. The Kier molecular flexibility index (Phi) is 1.23. The van der Waals surface area contributed by atoms with Crippen LogP contribution in [0.5, 0.6) is 0 Å². The molecule has 3 heteroatoms. The molecule has 0 radical (unpaired) electrons. The van der Waals surface area contributed by atoms with Crippen LogP contribution in [0.3, 0.4) is 0 Å². The van der Waals surface area contributed by atoms with Gasteiger partial charge in [0.25, 0.3) is 0 Å². The summed E-state index contributed by atoms with van der Waals surface area (Å²) >= 11 is 1.73. The number of hydrazone groups is 1. The van der Waals surface area contributed by atoms with Crippen LogP contribution in [0.15, 0.2) is 5.10 Å². The van der Waals surface area contributed by atoms with Gasteiger partial charge in [0.2, 0.25) is 0 Å². The average molecular weight is 116 g/mol. The van der Waals surface area contributed by atoms with Crippen LogP contribution >= 0.6 is 11.9 Å². The molecule has 0 saturated carbocycles. The summed E-state index contributed by atoms with van der Waals surface area (Å²) in [7, 11) is 1.95. The lowest BCUT2D eigenvalue weighted by Crippen LogP contribution is -1.95.